The molecule has 0 spiro atoms. The number of aromatic nitrogens is 3. The molecule has 0 aliphatic rings. The monoisotopic (exact) mass is 420 g/mol. The van der Waals surface area contributed by atoms with Crippen molar-refractivity contribution in [3.8, 4) is 17.3 Å². The lowest BCUT2D eigenvalue weighted by Gasteiger charge is -2.17. The number of fused-ring (bicyclic) bond motifs is 6. The van der Waals surface area contributed by atoms with E-state index < -0.39 is 0 Å². The number of aryl methyl sites for hydroxylation is 4. The minimum absolute atomic E-state index is 0.357. The van der Waals surface area contributed by atoms with Crippen molar-refractivity contribution >= 4 is 22.2 Å². The fourth-order valence-corrected chi connectivity index (χ4v) is 5.40. The molecule has 32 heavy (non-hydrogen) atoms. The molecule has 0 N–H and O–H groups in total. The van der Waals surface area contributed by atoms with Crippen molar-refractivity contribution in [1.82, 2.24) is 13.8 Å². The molecule has 0 bridgehead atoms. The molecule has 0 fully saturated rings. The van der Waals surface area contributed by atoms with Crippen molar-refractivity contribution in [3.05, 3.63) is 75.6 Å². The lowest BCUT2D eigenvalue weighted by Crippen LogP contribution is -2.04. The Bertz CT molecular complexity index is 1580. The van der Waals surface area contributed by atoms with Gasteiger partial charge in [0.25, 0.3) is 0 Å². The molecule has 0 unspecified atom stereocenters. The molecule has 0 aliphatic heterocycles. The number of nitrogens with zero attached hydrogens (tertiary/aromatic N) is 4. The first-order chi connectivity index (χ1) is 15.3. The molecule has 0 saturated heterocycles. The minimum atomic E-state index is 0.357. The van der Waals surface area contributed by atoms with Gasteiger partial charge in [-0.2, -0.15) is 5.26 Å². The summed E-state index contributed by atoms with van der Waals surface area (Å²) in [7, 11) is 0. The van der Waals surface area contributed by atoms with Crippen LogP contribution in [0.5, 0.6) is 0 Å². The van der Waals surface area contributed by atoms with Gasteiger partial charge in [-0.1, -0.05) is 43.7 Å². The summed E-state index contributed by atoms with van der Waals surface area (Å²) in [5, 5.41) is 11.3. The summed E-state index contributed by atoms with van der Waals surface area (Å²) < 4.78 is 4.48. The van der Waals surface area contributed by atoms with Gasteiger partial charge < -0.3 is 0 Å². The molecular formula is C28H28N4. The molecule has 5 aromatic rings. The van der Waals surface area contributed by atoms with E-state index in [-0.39, 0.29) is 0 Å². The van der Waals surface area contributed by atoms with Crippen LogP contribution in [-0.2, 0) is 0 Å². The van der Waals surface area contributed by atoms with Crippen LogP contribution in [0.3, 0.4) is 0 Å². The van der Waals surface area contributed by atoms with E-state index in [1.165, 1.54) is 27.8 Å². The summed E-state index contributed by atoms with van der Waals surface area (Å²) in [5.74, 6) is 0.357. The highest BCUT2D eigenvalue weighted by Crippen LogP contribution is 2.38. The Kier molecular flexibility index (Phi) is 4.43. The Morgan fingerprint density at radius 2 is 1.66 bits per heavy atom. The lowest BCUT2D eigenvalue weighted by atomic mass is 9.97. The summed E-state index contributed by atoms with van der Waals surface area (Å²) in [4.78, 5) is 4.98. The van der Waals surface area contributed by atoms with Crippen molar-refractivity contribution in [2.45, 2.75) is 54.4 Å². The zero-order chi connectivity index (χ0) is 22.9. The van der Waals surface area contributed by atoms with Crippen molar-refractivity contribution < 1.29 is 0 Å². The number of rotatable bonds is 2. The van der Waals surface area contributed by atoms with Crippen molar-refractivity contribution in [2.75, 3.05) is 0 Å². The second-order valence-electron chi connectivity index (χ2n) is 9.33. The average molecular weight is 421 g/mol. The highest BCUT2D eigenvalue weighted by molar-refractivity contribution is 5.99. The molecule has 3 aromatic heterocycles. The zero-order valence-corrected chi connectivity index (χ0v) is 19.8. The van der Waals surface area contributed by atoms with E-state index in [1.54, 1.807) is 0 Å². The third-order valence-electron chi connectivity index (χ3n) is 6.87. The predicted octanol–water partition coefficient (Wildman–Crippen LogP) is 6.94. The normalized spacial score (nSPS) is 11.8. The number of nitriles is 1. The van der Waals surface area contributed by atoms with E-state index in [4.69, 9.17) is 4.98 Å². The lowest BCUT2D eigenvalue weighted by molar-refractivity contribution is 0.875. The molecule has 2 aromatic carbocycles. The van der Waals surface area contributed by atoms with Crippen LogP contribution < -0.4 is 0 Å². The molecule has 4 heteroatoms. The second-order valence-corrected chi connectivity index (χ2v) is 9.33. The average Bonchev–Trinajstić information content (AvgIpc) is 3.26. The van der Waals surface area contributed by atoms with Gasteiger partial charge in [-0.3, -0.25) is 8.80 Å². The standard InChI is InChI=1S/C28H28N4/c1-15(2)21-9-8-10-23-26(21)27-30-14-24(25-17(4)11-16(3)12-18(25)5)32(27)28-22(13-29)19(6)20(7)31(23)28/h8-12,14-15H,1-7H3. The van der Waals surface area contributed by atoms with Crippen molar-refractivity contribution in [3.63, 3.8) is 0 Å². The SMILES string of the molecule is Cc1cc(C)c(-c2cnc3c4c(C(C)C)cccc4n4c(C)c(C)c(C#N)c4n23)c(C)c1. The summed E-state index contributed by atoms with van der Waals surface area (Å²) in [6.07, 6.45) is 1.98. The van der Waals surface area contributed by atoms with Gasteiger partial charge in [-0.25, -0.2) is 4.98 Å². The van der Waals surface area contributed by atoms with E-state index in [2.05, 4.69) is 86.7 Å². The molecule has 0 radical (unpaired) electrons. The zero-order valence-electron chi connectivity index (χ0n) is 19.8. The Labute approximate surface area is 188 Å². The van der Waals surface area contributed by atoms with E-state index in [1.807, 2.05) is 13.1 Å². The van der Waals surface area contributed by atoms with Crippen LogP contribution in [0, 0.1) is 45.9 Å². The number of imidazole rings is 1. The van der Waals surface area contributed by atoms with Crippen molar-refractivity contribution in [2.24, 2.45) is 0 Å². The van der Waals surface area contributed by atoms with Gasteiger partial charge in [0, 0.05) is 16.6 Å². The maximum atomic E-state index is 10.2. The third-order valence-corrected chi connectivity index (χ3v) is 6.87. The molecule has 0 amide bonds. The van der Waals surface area contributed by atoms with Crippen LogP contribution >= 0.6 is 0 Å². The van der Waals surface area contributed by atoms with Crippen LogP contribution in [0.1, 0.15) is 58.8 Å². The first kappa shape index (κ1) is 20.3. The Hall–Kier alpha value is -3.58. The summed E-state index contributed by atoms with van der Waals surface area (Å²) in [5.41, 5.74) is 12.9. The molecule has 4 nitrogen and oxygen atoms in total. The van der Waals surface area contributed by atoms with Gasteiger partial charge in [0.2, 0.25) is 0 Å². The van der Waals surface area contributed by atoms with Gasteiger partial charge in [-0.15, -0.1) is 0 Å². The Morgan fingerprint density at radius 3 is 2.28 bits per heavy atom. The van der Waals surface area contributed by atoms with Crippen LogP contribution in [0.15, 0.2) is 36.5 Å². The Balaban J connectivity index is 2.13. The smallest absolute Gasteiger partial charge is 0.148 e. The van der Waals surface area contributed by atoms with Crippen LogP contribution in [0.25, 0.3) is 33.5 Å². The highest BCUT2D eigenvalue weighted by atomic mass is 15.1. The van der Waals surface area contributed by atoms with E-state index >= 15 is 0 Å². The fraction of sp³-hybridized carbons (Fsp3) is 0.286. The quantitative estimate of drug-likeness (QED) is 0.310. The molecule has 0 aliphatic carbocycles. The largest absolute Gasteiger partial charge is 0.298 e. The fourth-order valence-electron chi connectivity index (χ4n) is 5.40. The Morgan fingerprint density at radius 1 is 0.969 bits per heavy atom. The maximum Gasteiger partial charge on any atom is 0.148 e. The molecule has 0 atom stereocenters. The first-order valence-corrected chi connectivity index (χ1v) is 11.2. The molecule has 0 saturated carbocycles. The highest BCUT2D eigenvalue weighted by Gasteiger charge is 2.24. The number of hydrogen-bond donors (Lipinski definition) is 0. The topological polar surface area (TPSA) is 45.5 Å². The minimum Gasteiger partial charge on any atom is -0.298 e. The van der Waals surface area contributed by atoms with Gasteiger partial charge in [0.1, 0.15) is 17.4 Å². The third kappa shape index (κ3) is 2.58. The summed E-state index contributed by atoms with van der Waals surface area (Å²) in [6, 6.07) is 13.4. The van der Waals surface area contributed by atoms with Gasteiger partial charge >= 0.3 is 0 Å². The van der Waals surface area contributed by atoms with Crippen LogP contribution in [0.2, 0.25) is 0 Å². The van der Waals surface area contributed by atoms with Gasteiger partial charge in [-0.05, 0) is 68.9 Å². The van der Waals surface area contributed by atoms with Crippen LogP contribution in [-0.4, -0.2) is 13.8 Å². The van der Waals surface area contributed by atoms with Crippen molar-refractivity contribution in [1.29, 1.82) is 5.26 Å². The van der Waals surface area contributed by atoms with E-state index in [9.17, 15) is 5.26 Å². The number of hydrogen-bond acceptors (Lipinski definition) is 2. The molecule has 5 rings (SSSR count). The molecule has 3 heterocycles. The maximum absolute atomic E-state index is 10.2. The predicted molar refractivity (Wildman–Crippen MR) is 132 cm³/mol. The second kappa shape index (κ2) is 6.97. The summed E-state index contributed by atoms with van der Waals surface area (Å²) in [6.45, 7) is 15.1. The number of benzene rings is 2. The van der Waals surface area contributed by atoms with Gasteiger partial charge in [0.15, 0.2) is 0 Å². The first-order valence-electron chi connectivity index (χ1n) is 11.2. The van der Waals surface area contributed by atoms with E-state index in [0.717, 1.165) is 39.1 Å². The summed E-state index contributed by atoms with van der Waals surface area (Å²) >= 11 is 0. The van der Waals surface area contributed by atoms with E-state index in [0.29, 0.717) is 11.5 Å². The molecule has 160 valence electrons. The van der Waals surface area contributed by atoms with Gasteiger partial charge in [0.05, 0.1) is 23.0 Å². The molecular weight excluding hydrogens is 392 g/mol. The van der Waals surface area contributed by atoms with Crippen LogP contribution in [0.4, 0.5) is 0 Å².